The first-order valence-electron chi connectivity index (χ1n) is 7.72. The predicted molar refractivity (Wildman–Crippen MR) is 102 cm³/mol. The summed E-state index contributed by atoms with van der Waals surface area (Å²) >= 11 is 1.21. The Hall–Kier alpha value is -3.07. The van der Waals surface area contributed by atoms with E-state index in [1.165, 1.54) is 25.4 Å². The van der Waals surface area contributed by atoms with Crippen LogP contribution in [0.1, 0.15) is 24.2 Å². The quantitative estimate of drug-likeness (QED) is 0.590. The summed E-state index contributed by atoms with van der Waals surface area (Å²) in [4.78, 5) is 35.0. The third kappa shape index (κ3) is 4.73. The molecular formula is C17H20N4O4S. The van der Waals surface area contributed by atoms with Crippen LogP contribution >= 0.6 is 11.3 Å². The highest BCUT2D eigenvalue weighted by Crippen LogP contribution is 2.29. The topological polar surface area (TPSA) is 123 Å². The maximum Gasteiger partial charge on any atom is 0.251 e. The van der Waals surface area contributed by atoms with Gasteiger partial charge in [-0.05, 0) is 36.6 Å². The molecule has 2 aromatic rings. The number of methoxy groups -OCH3 is 1. The van der Waals surface area contributed by atoms with E-state index in [0.717, 1.165) is 0 Å². The molecule has 138 valence electrons. The van der Waals surface area contributed by atoms with Gasteiger partial charge < -0.3 is 26.4 Å². The summed E-state index contributed by atoms with van der Waals surface area (Å²) < 4.78 is 5.28. The van der Waals surface area contributed by atoms with Crippen LogP contribution in [0.4, 0.5) is 16.4 Å². The zero-order valence-corrected chi connectivity index (χ0v) is 15.4. The van der Waals surface area contributed by atoms with E-state index in [-0.39, 0.29) is 17.4 Å². The first kappa shape index (κ1) is 19.3. The monoisotopic (exact) mass is 376 g/mol. The fourth-order valence-electron chi connectivity index (χ4n) is 2.22. The van der Waals surface area contributed by atoms with Gasteiger partial charge in [-0.25, -0.2) is 0 Å². The molecule has 0 aliphatic rings. The van der Waals surface area contributed by atoms with Crippen LogP contribution in [0, 0.1) is 0 Å². The molecule has 26 heavy (non-hydrogen) atoms. The minimum atomic E-state index is -0.640. The molecule has 1 atom stereocenters. The molecule has 5 N–H and O–H groups in total. The molecule has 0 fully saturated rings. The Balaban J connectivity index is 2.13. The van der Waals surface area contributed by atoms with Crippen LogP contribution in [-0.2, 0) is 9.59 Å². The second kappa shape index (κ2) is 8.34. The van der Waals surface area contributed by atoms with Crippen molar-refractivity contribution in [3.8, 4) is 5.75 Å². The molecule has 1 aromatic carbocycles. The van der Waals surface area contributed by atoms with Crippen molar-refractivity contribution in [2.75, 3.05) is 23.1 Å². The van der Waals surface area contributed by atoms with Crippen LogP contribution in [0.15, 0.2) is 29.6 Å². The summed E-state index contributed by atoms with van der Waals surface area (Å²) in [6, 6.07) is 5.97. The second-order valence-electron chi connectivity index (χ2n) is 5.48. The summed E-state index contributed by atoms with van der Waals surface area (Å²) in [5, 5.41) is 10.5. The number of benzene rings is 1. The van der Waals surface area contributed by atoms with Crippen molar-refractivity contribution < 1.29 is 19.1 Å². The van der Waals surface area contributed by atoms with E-state index < -0.39 is 11.9 Å². The third-order valence-corrected chi connectivity index (χ3v) is 4.28. The van der Waals surface area contributed by atoms with Crippen LogP contribution < -0.4 is 26.4 Å². The molecule has 3 amide bonds. The fraction of sp³-hybridized carbons (Fsp3) is 0.235. The van der Waals surface area contributed by atoms with Gasteiger partial charge in [0.25, 0.3) is 5.91 Å². The summed E-state index contributed by atoms with van der Waals surface area (Å²) in [5.41, 5.74) is 6.66. The average Bonchev–Trinajstić information content (AvgIpc) is 3.03. The maximum atomic E-state index is 12.4. The summed E-state index contributed by atoms with van der Waals surface area (Å²) in [7, 11) is 1.51. The fourth-order valence-corrected chi connectivity index (χ4v) is 3.02. The molecule has 0 aliphatic heterocycles. The SMILES string of the molecule is COc1ccc(NC(C)=O)cc1NC(C)C(=O)Nc1sccc1C(N)=O. The van der Waals surface area contributed by atoms with E-state index in [0.29, 0.717) is 22.1 Å². The van der Waals surface area contributed by atoms with E-state index >= 15 is 0 Å². The van der Waals surface area contributed by atoms with Gasteiger partial charge in [0.2, 0.25) is 11.8 Å². The largest absolute Gasteiger partial charge is 0.495 e. The number of carbonyl (C=O) groups excluding carboxylic acids is 3. The Morgan fingerprint density at radius 1 is 1.19 bits per heavy atom. The molecule has 0 saturated heterocycles. The lowest BCUT2D eigenvalue weighted by Crippen LogP contribution is -2.32. The molecule has 0 aliphatic carbocycles. The number of rotatable bonds is 7. The molecule has 1 aromatic heterocycles. The molecule has 2 rings (SSSR count). The molecule has 0 bridgehead atoms. The number of nitrogens with two attached hydrogens (primary N) is 1. The van der Waals surface area contributed by atoms with Crippen LogP contribution in [0.3, 0.4) is 0 Å². The van der Waals surface area contributed by atoms with Crippen molar-refractivity contribution in [2.45, 2.75) is 19.9 Å². The summed E-state index contributed by atoms with van der Waals surface area (Å²) in [6.07, 6.45) is 0. The number of anilines is 3. The zero-order chi connectivity index (χ0) is 19.3. The zero-order valence-electron chi connectivity index (χ0n) is 14.6. The van der Waals surface area contributed by atoms with Crippen molar-refractivity contribution in [3.63, 3.8) is 0 Å². The lowest BCUT2D eigenvalue weighted by molar-refractivity contribution is -0.116. The number of hydrogen-bond acceptors (Lipinski definition) is 6. The Bertz CT molecular complexity index is 834. The maximum absolute atomic E-state index is 12.4. The first-order chi connectivity index (χ1) is 12.3. The number of nitrogens with one attached hydrogen (secondary N) is 3. The van der Waals surface area contributed by atoms with Gasteiger partial charge in [0, 0.05) is 12.6 Å². The number of amides is 3. The van der Waals surface area contributed by atoms with E-state index in [1.54, 1.807) is 36.6 Å². The van der Waals surface area contributed by atoms with E-state index in [2.05, 4.69) is 16.0 Å². The first-order valence-corrected chi connectivity index (χ1v) is 8.60. The van der Waals surface area contributed by atoms with Gasteiger partial charge in [-0.3, -0.25) is 14.4 Å². The number of ether oxygens (including phenoxy) is 1. The van der Waals surface area contributed by atoms with Crippen molar-refractivity contribution in [1.29, 1.82) is 0 Å². The summed E-state index contributed by atoms with van der Waals surface area (Å²) in [6.45, 7) is 3.07. The third-order valence-electron chi connectivity index (χ3n) is 3.45. The van der Waals surface area contributed by atoms with Crippen molar-refractivity contribution >= 4 is 45.4 Å². The van der Waals surface area contributed by atoms with Crippen LogP contribution in [0.5, 0.6) is 5.75 Å². The van der Waals surface area contributed by atoms with E-state index in [1.807, 2.05) is 0 Å². The van der Waals surface area contributed by atoms with Crippen LogP contribution in [0.25, 0.3) is 0 Å². The molecular weight excluding hydrogens is 356 g/mol. The summed E-state index contributed by atoms with van der Waals surface area (Å²) in [5.74, 6) is -0.634. The van der Waals surface area contributed by atoms with Crippen LogP contribution in [0.2, 0.25) is 0 Å². The number of primary amides is 1. The molecule has 0 saturated carbocycles. The van der Waals surface area contributed by atoms with E-state index in [9.17, 15) is 14.4 Å². The van der Waals surface area contributed by atoms with Gasteiger partial charge in [0.15, 0.2) is 0 Å². The number of thiophene rings is 1. The van der Waals surface area contributed by atoms with Gasteiger partial charge in [-0.1, -0.05) is 0 Å². The van der Waals surface area contributed by atoms with Crippen molar-refractivity contribution in [2.24, 2.45) is 5.73 Å². The Morgan fingerprint density at radius 2 is 1.92 bits per heavy atom. The molecule has 0 spiro atoms. The Kier molecular flexibility index (Phi) is 6.18. The van der Waals surface area contributed by atoms with Crippen molar-refractivity contribution in [1.82, 2.24) is 0 Å². The Labute approximate surface area is 154 Å². The highest BCUT2D eigenvalue weighted by molar-refractivity contribution is 7.14. The minimum Gasteiger partial charge on any atom is -0.495 e. The smallest absolute Gasteiger partial charge is 0.251 e. The molecule has 0 radical (unpaired) electrons. The van der Waals surface area contributed by atoms with Gasteiger partial charge in [-0.2, -0.15) is 0 Å². The van der Waals surface area contributed by atoms with E-state index in [4.69, 9.17) is 10.5 Å². The molecule has 9 heteroatoms. The van der Waals surface area contributed by atoms with Gasteiger partial charge in [0.05, 0.1) is 18.4 Å². The highest BCUT2D eigenvalue weighted by atomic mass is 32.1. The molecule has 1 unspecified atom stereocenters. The van der Waals surface area contributed by atoms with Crippen LogP contribution in [-0.4, -0.2) is 30.9 Å². The number of carbonyl (C=O) groups is 3. The lowest BCUT2D eigenvalue weighted by Gasteiger charge is -2.18. The Morgan fingerprint density at radius 3 is 2.54 bits per heavy atom. The number of hydrogen-bond donors (Lipinski definition) is 4. The van der Waals surface area contributed by atoms with Crippen molar-refractivity contribution in [3.05, 3.63) is 35.2 Å². The van der Waals surface area contributed by atoms with Gasteiger partial charge in [-0.15, -0.1) is 11.3 Å². The van der Waals surface area contributed by atoms with Gasteiger partial charge >= 0.3 is 0 Å². The molecule has 1 heterocycles. The van der Waals surface area contributed by atoms with Gasteiger partial charge in [0.1, 0.15) is 16.8 Å². The lowest BCUT2D eigenvalue weighted by atomic mass is 10.2. The normalized spacial score (nSPS) is 11.3. The predicted octanol–water partition coefficient (Wildman–Crippen LogP) is 2.25. The standard InChI is InChI=1S/C17H20N4O4S/c1-9(16(24)21-17-12(15(18)23)6-7-26-17)19-13-8-11(20-10(2)22)4-5-14(13)25-3/h4-9,19H,1-3H3,(H2,18,23)(H,20,22)(H,21,24). The minimum absolute atomic E-state index is 0.205. The highest BCUT2D eigenvalue weighted by Gasteiger charge is 2.18. The second-order valence-corrected chi connectivity index (χ2v) is 6.40. The molecule has 8 nitrogen and oxygen atoms in total. The average molecular weight is 376 g/mol.